The number of carbonyl (C=O) groups is 1. The van der Waals surface area contributed by atoms with Gasteiger partial charge in [0, 0.05) is 6.42 Å². The van der Waals surface area contributed by atoms with Crippen LogP contribution >= 0.6 is 0 Å². The molecule has 4 nitrogen and oxygen atoms in total. The van der Waals surface area contributed by atoms with Crippen molar-refractivity contribution in [1.29, 1.82) is 0 Å². The fourth-order valence-corrected chi connectivity index (χ4v) is 0.609. The predicted octanol–water partition coefficient (Wildman–Crippen LogP) is -0.930. The van der Waals surface area contributed by atoms with Gasteiger partial charge < -0.3 is 15.3 Å². The standard InChI is InChI=1S/C7H14O4/c1-5(9)7(11)3-2-6(10)4-8/h5-6,8-10H,2-4H2,1H3. The van der Waals surface area contributed by atoms with Gasteiger partial charge in [0.15, 0.2) is 5.78 Å². The quantitative estimate of drug-likeness (QED) is 0.488. The van der Waals surface area contributed by atoms with E-state index in [2.05, 4.69) is 0 Å². The van der Waals surface area contributed by atoms with E-state index in [9.17, 15) is 4.79 Å². The van der Waals surface area contributed by atoms with E-state index in [-0.39, 0.29) is 25.2 Å². The summed E-state index contributed by atoms with van der Waals surface area (Å²) in [5, 5.41) is 25.9. The molecular weight excluding hydrogens is 148 g/mol. The van der Waals surface area contributed by atoms with E-state index in [1.807, 2.05) is 0 Å². The van der Waals surface area contributed by atoms with Gasteiger partial charge in [-0.3, -0.25) is 4.79 Å². The second-order valence-corrected chi connectivity index (χ2v) is 2.52. The van der Waals surface area contributed by atoms with Crippen molar-refractivity contribution in [3.63, 3.8) is 0 Å². The molecule has 0 aromatic heterocycles. The first kappa shape index (κ1) is 10.6. The molecule has 0 aromatic rings. The average molecular weight is 162 g/mol. The lowest BCUT2D eigenvalue weighted by Gasteiger charge is -2.06. The van der Waals surface area contributed by atoms with Gasteiger partial charge in [0.1, 0.15) is 6.10 Å². The second-order valence-electron chi connectivity index (χ2n) is 2.52. The Balaban J connectivity index is 3.46. The van der Waals surface area contributed by atoms with Crippen molar-refractivity contribution in [2.75, 3.05) is 6.61 Å². The first-order valence-electron chi connectivity index (χ1n) is 3.57. The topological polar surface area (TPSA) is 77.8 Å². The molecule has 0 saturated heterocycles. The molecular formula is C7H14O4. The highest BCUT2D eigenvalue weighted by atomic mass is 16.3. The van der Waals surface area contributed by atoms with Crippen LogP contribution in [-0.2, 0) is 4.79 Å². The summed E-state index contributed by atoms with van der Waals surface area (Å²) in [7, 11) is 0. The summed E-state index contributed by atoms with van der Waals surface area (Å²) in [4.78, 5) is 10.7. The van der Waals surface area contributed by atoms with Gasteiger partial charge in [-0.1, -0.05) is 0 Å². The van der Waals surface area contributed by atoms with Crippen molar-refractivity contribution in [2.45, 2.75) is 32.0 Å². The molecule has 0 aliphatic carbocycles. The largest absolute Gasteiger partial charge is 0.394 e. The van der Waals surface area contributed by atoms with Crippen molar-refractivity contribution >= 4 is 5.78 Å². The fourth-order valence-electron chi connectivity index (χ4n) is 0.609. The van der Waals surface area contributed by atoms with E-state index in [1.165, 1.54) is 6.92 Å². The second kappa shape index (κ2) is 5.23. The van der Waals surface area contributed by atoms with Crippen LogP contribution in [0.4, 0.5) is 0 Å². The third-order valence-corrected chi connectivity index (χ3v) is 1.40. The first-order chi connectivity index (χ1) is 5.07. The van der Waals surface area contributed by atoms with Gasteiger partial charge in [0.2, 0.25) is 0 Å². The fraction of sp³-hybridized carbons (Fsp3) is 0.857. The minimum Gasteiger partial charge on any atom is -0.394 e. The third kappa shape index (κ3) is 4.89. The van der Waals surface area contributed by atoms with Gasteiger partial charge in [-0.2, -0.15) is 0 Å². The summed E-state index contributed by atoms with van der Waals surface area (Å²) in [6, 6.07) is 0. The van der Waals surface area contributed by atoms with Gasteiger partial charge in [-0.15, -0.1) is 0 Å². The van der Waals surface area contributed by atoms with Crippen LogP contribution in [0.2, 0.25) is 0 Å². The van der Waals surface area contributed by atoms with Crippen molar-refractivity contribution < 1.29 is 20.1 Å². The van der Waals surface area contributed by atoms with Crippen molar-refractivity contribution in [1.82, 2.24) is 0 Å². The average Bonchev–Trinajstić information content (AvgIpc) is 1.99. The maximum atomic E-state index is 10.7. The Labute approximate surface area is 65.5 Å². The van der Waals surface area contributed by atoms with E-state index < -0.39 is 12.2 Å². The number of ketones is 1. The minimum absolute atomic E-state index is 0.111. The summed E-state index contributed by atoms with van der Waals surface area (Å²) < 4.78 is 0. The number of carbonyl (C=O) groups excluding carboxylic acids is 1. The number of aliphatic hydroxyl groups excluding tert-OH is 3. The highest BCUT2D eigenvalue weighted by Gasteiger charge is 2.10. The van der Waals surface area contributed by atoms with E-state index >= 15 is 0 Å². The molecule has 11 heavy (non-hydrogen) atoms. The van der Waals surface area contributed by atoms with E-state index in [1.54, 1.807) is 0 Å². The van der Waals surface area contributed by atoms with Crippen molar-refractivity contribution in [3.8, 4) is 0 Å². The van der Waals surface area contributed by atoms with Gasteiger partial charge in [-0.25, -0.2) is 0 Å². The normalized spacial score (nSPS) is 16.0. The van der Waals surface area contributed by atoms with Crippen LogP contribution in [0.1, 0.15) is 19.8 Å². The lowest BCUT2D eigenvalue weighted by atomic mass is 10.1. The maximum absolute atomic E-state index is 10.7. The highest BCUT2D eigenvalue weighted by Crippen LogP contribution is 1.99. The zero-order valence-corrected chi connectivity index (χ0v) is 6.53. The van der Waals surface area contributed by atoms with Crippen LogP contribution < -0.4 is 0 Å². The smallest absolute Gasteiger partial charge is 0.161 e. The molecule has 3 N–H and O–H groups in total. The Bertz CT molecular complexity index is 122. The number of rotatable bonds is 5. The summed E-state index contributed by atoms with van der Waals surface area (Å²) in [5.41, 5.74) is 0. The summed E-state index contributed by atoms with van der Waals surface area (Å²) in [6.07, 6.45) is -1.50. The number of hydrogen-bond acceptors (Lipinski definition) is 4. The summed E-state index contributed by atoms with van der Waals surface area (Å²) in [6.45, 7) is 1.04. The zero-order valence-electron chi connectivity index (χ0n) is 6.53. The SMILES string of the molecule is CC(O)C(=O)CCC(O)CO. The molecule has 0 aliphatic heterocycles. The molecule has 2 unspecified atom stereocenters. The Morgan fingerprint density at radius 2 is 2.00 bits per heavy atom. The molecule has 0 bridgehead atoms. The molecule has 4 heteroatoms. The van der Waals surface area contributed by atoms with Gasteiger partial charge in [0.25, 0.3) is 0 Å². The number of aliphatic hydroxyl groups is 3. The molecule has 0 spiro atoms. The van der Waals surface area contributed by atoms with Crippen LogP contribution in [0.25, 0.3) is 0 Å². The molecule has 0 rings (SSSR count). The van der Waals surface area contributed by atoms with Crippen LogP contribution in [0.5, 0.6) is 0 Å². The van der Waals surface area contributed by atoms with Gasteiger partial charge >= 0.3 is 0 Å². The summed E-state index contributed by atoms with van der Waals surface area (Å²) in [5.74, 6) is -0.308. The van der Waals surface area contributed by atoms with E-state index in [0.717, 1.165) is 0 Å². The molecule has 66 valence electrons. The molecule has 0 radical (unpaired) electrons. The highest BCUT2D eigenvalue weighted by molar-refractivity contribution is 5.82. The van der Waals surface area contributed by atoms with Crippen molar-refractivity contribution in [3.05, 3.63) is 0 Å². The van der Waals surface area contributed by atoms with Crippen LogP contribution in [0, 0.1) is 0 Å². The van der Waals surface area contributed by atoms with Crippen LogP contribution in [-0.4, -0.2) is 39.9 Å². The number of hydrogen-bond donors (Lipinski definition) is 3. The Morgan fingerprint density at radius 3 is 2.36 bits per heavy atom. The van der Waals surface area contributed by atoms with Gasteiger partial charge in [-0.05, 0) is 13.3 Å². The molecule has 2 atom stereocenters. The Hall–Kier alpha value is -0.450. The lowest BCUT2D eigenvalue weighted by Crippen LogP contribution is -2.20. The first-order valence-corrected chi connectivity index (χ1v) is 3.57. The third-order valence-electron chi connectivity index (χ3n) is 1.40. The predicted molar refractivity (Wildman–Crippen MR) is 39.0 cm³/mol. The van der Waals surface area contributed by atoms with Crippen LogP contribution in [0.3, 0.4) is 0 Å². The minimum atomic E-state index is -0.971. The molecule has 0 aromatic carbocycles. The number of Topliss-reactive ketones (excluding diaryl/α,β-unsaturated/α-hetero) is 1. The van der Waals surface area contributed by atoms with E-state index in [0.29, 0.717) is 0 Å². The maximum Gasteiger partial charge on any atom is 0.161 e. The zero-order chi connectivity index (χ0) is 8.85. The lowest BCUT2D eigenvalue weighted by molar-refractivity contribution is -0.126. The van der Waals surface area contributed by atoms with E-state index in [4.69, 9.17) is 15.3 Å². The molecule has 0 amide bonds. The van der Waals surface area contributed by atoms with Crippen LogP contribution in [0.15, 0.2) is 0 Å². The van der Waals surface area contributed by atoms with Crippen molar-refractivity contribution in [2.24, 2.45) is 0 Å². The Morgan fingerprint density at radius 1 is 1.45 bits per heavy atom. The molecule has 0 aliphatic rings. The van der Waals surface area contributed by atoms with Gasteiger partial charge in [0.05, 0.1) is 12.7 Å². The summed E-state index contributed by atoms with van der Waals surface area (Å²) >= 11 is 0. The monoisotopic (exact) mass is 162 g/mol. The Kier molecular flexibility index (Phi) is 5.02. The molecule has 0 fully saturated rings. The molecule has 0 heterocycles. The molecule has 0 saturated carbocycles.